The Balaban J connectivity index is 2.15. The van der Waals surface area contributed by atoms with E-state index in [1.165, 1.54) is 13.8 Å². The van der Waals surface area contributed by atoms with Gasteiger partial charge in [0.05, 0.1) is 6.61 Å². The molecule has 0 aromatic heterocycles. The van der Waals surface area contributed by atoms with E-state index in [0.717, 1.165) is 5.75 Å². The lowest BCUT2D eigenvalue weighted by Crippen LogP contribution is -2.53. The quantitative estimate of drug-likeness (QED) is 0.662. The van der Waals surface area contributed by atoms with Crippen LogP contribution in [0.15, 0.2) is 30.3 Å². The molecule has 0 spiro atoms. The third kappa shape index (κ3) is 5.60. The summed E-state index contributed by atoms with van der Waals surface area (Å²) in [5.74, 6) is -0.302. The maximum Gasteiger partial charge on any atom is 0.328 e. The zero-order chi connectivity index (χ0) is 15.0. The standard InChI is InChI=1S/C14H20N2O4/c1-14(2,12(17)18)16-13(19)15-9-6-10-20-11-7-4-3-5-8-11/h3-5,7-8H,6,9-10H2,1-2H3,(H,17,18)(H2,15,16,19). The molecule has 0 aliphatic carbocycles. The van der Waals surface area contributed by atoms with Gasteiger partial charge in [0.25, 0.3) is 0 Å². The second-order valence-corrected chi connectivity index (χ2v) is 4.83. The Labute approximate surface area is 118 Å². The first kappa shape index (κ1) is 15.8. The number of benzene rings is 1. The van der Waals surface area contributed by atoms with E-state index < -0.39 is 17.5 Å². The second-order valence-electron chi connectivity index (χ2n) is 4.83. The fourth-order valence-electron chi connectivity index (χ4n) is 1.36. The van der Waals surface area contributed by atoms with Crippen LogP contribution in [0.25, 0.3) is 0 Å². The fraction of sp³-hybridized carbons (Fsp3) is 0.429. The third-order valence-electron chi connectivity index (χ3n) is 2.58. The molecule has 110 valence electrons. The van der Waals surface area contributed by atoms with Gasteiger partial charge in [-0.2, -0.15) is 0 Å². The van der Waals surface area contributed by atoms with Crippen LogP contribution >= 0.6 is 0 Å². The van der Waals surface area contributed by atoms with Crippen LogP contribution in [0.5, 0.6) is 5.75 Å². The van der Waals surface area contributed by atoms with E-state index in [0.29, 0.717) is 19.6 Å². The van der Waals surface area contributed by atoms with Gasteiger partial charge in [0, 0.05) is 6.54 Å². The Bertz CT molecular complexity index is 446. The second kappa shape index (κ2) is 7.37. The topological polar surface area (TPSA) is 87.7 Å². The van der Waals surface area contributed by atoms with Crippen LogP contribution in [0.3, 0.4) is 0 Å². The van der Waals surface area contributed by atoms with Gasteiger partial charge in [0.1, 0.15) is 11.3 Å². The highest BCUT2D eigenvalue weighted by molar-refractivity contribution is 5.85. The normalized spacial score (nSPS) is 10.7. The summed E-state index contributed by atoms with van der Waals surface area (Å²) in [6.45, 7) is 3.74. The van der Waals surface area contributed by atoms with E-state index in [2.05, 4.69) is 10.6 Å². The molecule has 20 heavy (non-hydrogen) atoms. The third-order valence-corrected chi connectivity index (χ3v) is 2.58. The Kier molecular flexibility index (Phi) is 5.83. The monoisotopic (exact) mass is 280 g/mol. The molecule has 0 bridgehead atoms. The van der Waals surface area contributed by atoms with Crippen molar-refractivity contribution in [3.05, 3.63) is 30.3 Å². The highest BCUT2D eigenvalue weighted by atomic mass is 16.5. The molecular weight excluding hydrogens is 260 g/mol. The summed E-state index contributed by atoms with van der Waals surface area (Å²) in [6, 6.07) is 8.88. The Morgan fingerprint density at radius 2 is 1.90 bits per heavy atom. The predicted molar refractivity (Wildman–Crippen MR) is 74.8 cm³/mol. The maximum atomic E-state index is 11.5. The summed E-state index contributed by atoms with van der Waals surface area (Å²) >= 11 is 0. The molecular formula is C14H20N2O4. The van der Waals surface area contributed by atoms with Crippen LogP contribution in [-0.2, 0) is 4.79 Å². The molecule has 2 amide bonds. The summed E-state index contributed by atoms with van der Waals surface area (Å²) in [7, 11) is 0. The maximum absolute atomic E-state index is 11.5. The lowest BCUT2D eigenvalue weighted by molar-refractivity contribution is -0.142. The zero-order valence-corrected chi connectivity index (χ0v) is 11.7. The fourth-order valence-corrected chi connectivity index (χ4v) is 1.36. The SMILES string of the molecule is CC(C)(NC(=O)NCCCOc1ccccc1)C(=O)O. The van der Waals surface area contributed by atoms with Crippen LogP contribution in [-0.4, -0.2) is 35.8 Å². The van der Waals surface area contributed by atoms with Gasteiger partial charge in [0.2, 0.25) is 0 Å². The van der Waals surface area contributed by atoms with Crippen molar-refractivity contribution in [2.45, 2.75) is 25.8 Å². The van der Waals surface area contributed by atoms with Crippen LogP contribution in [0, 0.1) is 0 Å². The van der Waals surface area contributed by atoms with Gasteiger partial charge in [-0.25, -0.2) is 9.59 Å². The molecule has 6 heteroatoms. The number of urea groups is 1. The largest absolute Gasteiger partial charge is 0.494 e. The molecule has 0 aliphatic rings. The minimum atomic E-state index is -1.29. The average Bonchev–Trinajstić information content (AvgIpc) is 2.38. The molecule has 0 aliphatic heterocycles. The van der Waals surface area contributed by atoms with Gasteiger partial charge in [-0.15, -0.1) is 0 Å². The number of carboxylic acids is 1. The minimum absolute atomic E-state index is 0.411. The first-order chi connectivity index (χ1) is 9.42. The molecule has 0 atom stereocenters. The van der Waals surface area contributed by atoms with Crippen LogP contribution in [0.1, 0.15) is 20.3 Å². The minimum Gasteiger partial charge on any atom is -0.494 e. The Hall–Kier alpha value is -2.24. The molecule has 0 heterocycles. The van der Waals surface area contributed by atoms with Crippen molar-refractivity contribution >= 4 is 12.0 Å². The zero-order valence-electron chi connectivity index (χ0n) is 11.7. The van der Waals surface area contributed by atoms with E-state index in [1.54, 1.807) is 0 Å². The van der Waals surface area contributed by atoms with Gasteiger partial charge in [0.15, 0.2) is 0 Å². The van der Waals surface area contributed by atoms with Crippen LogP contribution in [0.4, 0.5) is 4.79 Å². The highest BCUT2D eigenvalue weighted by Crippen LogP contribution is 2.08. The van der Waals surface area contributed by atoms with Gasteiger partial charge >= 0.3 is 12.0 Å². The summed E-state index contributed by atoms with van der Waals surface area (Å²) in [6.07, 6.45) is 0.635. The molecule has 1 aromatic carbocycles. The molecule has 0 saturated carbocycles. The Morgan fingerprint density at radius 3 is 2.50 bits per heavy atom. The molecule has 6 nitrogen and oxygen atoms in total. The first-order valence-corrected chi connectivity index (χ1v) is 6.39. The van der Waals surface area contributed by atoms with Crippen molar-refractivity contribution in [3.8, 4) is 5.75 Å². The van der Waals surface area contributed by atoms with Crippen molar-refractivity contribution in [2.24, 2.45) is 0 Å². The van der Waals surface area contributed by atoms with Crippen molar-refractivity contribution in [1.82, 2.24) is 10.6 Å². The lowest BCUT2D eigenvalue weighted by atomic mass is 10.1. The lowest BCUT2D eigenvalue weighted by Gasteiger charge is -2.21. The molecule has 0 radical (unpaired) electrons. The van der Waals surface area contributed by atoms with E-state index in [-0.39, 0.29) is 0 Å². The number of aliphatic carboxylic acids is 1. The number of carboxylic acid groups (broad SMARTS) is 1. The van der Waals surface area contributed by atoms with Gasteiger partial charge in [-0.1, -0.05) is 18.2 Å². The smallest absolute Gasteiger partial charge is 0.328 e. The number of para-hydroxylation sites is 1. The number of ether oxygens (including phenoxy) is 1. The van der Waals surface area contributed by atoms with Gasteiger partial charge < -0.3 is 20.5 Å². The van der Waals surface area contributed by atoms with Crippen molar-refractivity contribution in [2.75, 3.05) is 13.2 Å². The number of carbonyl (C=O) groups is 2. The van der Waals surface area contributed by atoms with Crippen molar-refractivity contribution in [3.63, 3.8) is 0 Å². The number of hydrogen-bond donors (Lipinski definition) is 3. The first-order valence-electron chi connectivity index (χ1n) is 6.39. The number of rotatable bonds is 7. The summed E-state index contributed by atoms with van der Waals surface area (Å²) < 4.78 is 5.46. The molecule has 3 N–H and O–H groups in total. The van der Waals surface area contributed by atoms with E-state index in [9.17, 15) is 9.59 Å². The molecule has 1 rings (SSSR count). The number of carbonyl (C=O) groups excluding carboxylic acids is 1. The van der Waals surface area contributed by atoms with E-state index >= 15 is 0 Å². The Morgan fingerprint density at radius 1 is 1.25 bits per heavy atom. The summed E-state index contributed by atoms with van der Waals surface area (Å²) in [5, 5.41) is 13.8. The van der Waals surface area contributed by atoms with Crippen LogP contribution < -0.4 is 15.4 Å². The number of nitrogens with one attached hydrogen (secondary N) is 2. The van der Waals surface area contributed by atoms with Crippen molar-refractivity contribution in [1.29, 1.82) is 0 Å². The van der Waals surface area contributed by atoms with Crippen LogP contribution in [0.2, 0.25) is 0 Å². The molecule has 0 fully saturated rings. The van der Waals surface area contributed by atoms with Gasteiger partial charge in [-0.3, -0.25) is 0 Å². The summed E-state index contributed by atoms with van der Waals surface area (Å²) in [5.41, 5.74) is -1.29. The van der Waals surface area contributed by atoms with Gasteiger partial charge in [-0.05, 0) is 32.4 Å². The van der Waals surface area contributed by atoms with E-state index in [1.807, 2.05) is 30.3 Å². The molecule has 0 unspecified atom stereocenters. The van der Waals surface area contributed by atoms with Crippen molar-refractivity contribution < 1.29 is 19.4 Å². The molecule has 1 aromatic rings. The highest BCUT2D eigenvalue weighted by Gasteiger charge is 2.28. The number of amides is 2. The number of hydrogen-bond acceptors (Lipinski definition) is 3. The summed E-state index contributed by atoms with van der Waals surface area (Å²) in [4.78, 5) is 22.3. The predicted octanol–water partition coefficient (Wildman–Crippen LogP) is 1.62. The molecule has 0 saturated heterocycles. The van der Waals surface area contributed by atoms with E-state index in [4.69, 9.17) is 9.84 Å². The average molecular weight is 280 g/mol.